The molecule has 14 heavy (non-hydrogen) atoms. The molecule has 0 spiro atoms. The van der Waals surface area contributed by atoms with Gasteiger partial charge in [0.25, 0.3) is 5.92 Å². The SMILES string of the molecule is Cc1ccc(CN2CC(F)(F)C2)nc1. The van der Waals surface area contributed by atoms with Crippen LogP contribution in [0.1, 0.15) is 11.3 Å². The number of hydrogen-bond acceptors (Lipinski definition) is 2. The van der Waals surface area contributed by atoms with Crippen molar-refractivity contribution in [3.63, 3.8) is 0 Å². The quantitative estimate of drug-likeness (QED) is 0.720. The van der Waals surface area contributed by atoms with Gasteiger partial charge in [0.2, 0.25) is 0 Å². The van der Waals surface area contributed by atoms with E-state index in [-0.39, 0.29) is 13.1 Å². The normalized spacial score (nSPS) is 20.5. The minimum Gasteiger partial charge on any atom is -0.285 e. The molecule has 0 amide bonds. The molecule has 0 radical (unpaired) electrons. The third-order valence-corrected chi connectivity index (χ3v) is 2.27. The number of hydrogen-bond donors (Lipinski definition) is 0. The fraction of sp³-hybridized carbons (Fsp3) is 0.500. The Morgan fingerprint density at radius 3 is 2.64 bits per heavy atom. The fourth-order valence-electron chi connectivity index (χ4n) is 1.54. The van der Waals surface area contributed by atoms with Gasteiger partial charge in [-0.15, -0.1) is 0 Å². The van der Waals surface area contributed by atoms with Gasteiger partial charge >= 0.3 is 0 Å². The third-order valence-electron chi connectivity index (χ3n) is 2.27. The molecule has 2 heterocycles. The van der Waals surface area contributed by atoms with Crippen LogP contribution in [0.4, 0.5) is 8.78 Å². The lowest BCUT2D eigenvalue weighted by atomic mass is 10.1. The molecule has 2 rings (SSSR count). The topological polar surface area (TPSA) is 16.1 Å². The zero-order valence-electron chi connectivity index (χ0n) is 8.00. The summed E-state index contributed by atoms with van der Waals surface area (Å²) >= 11 is 0. The van der Waals surface area contributed by atoms with Crippen LogP contribution in [0.2, 0.25) is 0 Å². The van der Waals surface area contributed by atoms with E-state index in [1.807, 2.05) is 19.1 Å². The van der Waals surface area contributed by atoms with Gasteiger partial charge in [-0.25, -0.2) is 8.78 Å². The molecule has 0 atom stereocenters. The van der Waals surface area contributed by atoms with Gasteiger partial charge in [0.15, 0.2) is 0 Å². The first-order valence-corrected chi connectivity index (χ1v) is 4.57. The second-order valence-corrected chi connectivity index (χ2v) is 3.83. The molecule has 2 nitrogen and oxygen atoms in total. The second kappa shape index (κ2) is 3.28. The summed E-state index contributed by atoms with van der Waals surface area (Å²) in [7, 11) is 0. The van der Waals surface area contributed by atoms with Crippen molar-refractivity contribution in [2.24, 2.45) is 0 Å². The number of rotatable bonds is 2. The zero-order valence-corrected chi connectivity index (χ0v) is 8.00. The van der Waals surface area contributed by atoms with Crippen molar-refractivity contribution in [2.45, 2.75) is 19.4 Å². The zero-order chi connectivity index (χ0) is 10.2. The number of aryl methyl sites for hydroxylation is 1. The van der Waals surface area contributed by atoms with Crippen molar-refractivity contribution in [2.75, 3.05) is 13.1 Å². The summed E-state index contributed by atoms with van der Waals surface area (Å²) in [6, 6.07) is 3.83. The summed E-state index contributed by atoms with van der Waals surface area (Å²) in [5.74, 6) is -2.48. The van der Waals surface area contributed by atoms with Crippen molar-refractivity contribution in [3.05, 3.63) is 29.6 Å². The van der Waals surface area contributed by atoms with Crippen LogP contribution in [-0.2, 0) is 6.54 Å². The molecular weight excluding hydrogens is 186 g/mol. The minimum atomic E-state index is -2.48. The maximum absolute atomic E-state index is 12.5. The highest BCUT2D eigenvalue weighted by atomic mass is 19.3. The molecule has 0 bridgehead atoms. The van der Waals surface area contributed by atoms with Crippen LogP contribution in [0.15, 0.2) is 18.3 Å². The van der Waals surface area contributed by atoms with E-state index in [1.54, 1.807) is 11.1 Å². The molecule has 1 saturated heterocycles. The van der Waals surface area contributed by atoms with Gasteiger partial charge in [0, 0.05) is 12.7 Å². The van der Waals surface area contributed by atoms with Crippen LogP contribution >= 0.6 is 0 Å². The van der Waals surface area contributed by atoms with E-state index in [0.29, 0.717) is 6.54 Å². The summed E-state index contributed by atoms with van der Waals surface area (Å²) in [5.41, 5.74) is 1.94. The van der Waals surface area contributed by atoms with Crippen molar-refractivity contribution >= 4 is 0 Å². The largest absolute Gasteiger partial charge is 0.285 e. The Morgan fingerprint density at radius 2 is 2.14 bits per heavy atom. The molecule has 1 aliphatic rings. The van der Waals surface area contributed by atoms with Crippen molar-refractivity contribution in [1.82, 2.24) is 9.88 Å². The van der Waals surface area contributed by atoms with Crippen LogP contribution in [0, 0.1) is 6.92 Å². The highest BCUT2D eigenvalue weighted by molar-refractivity contribution is 5.12. The first-order chi connectivity index (χ1) is 6.55. The predicted octanol–water partition coefficient (Wildman–Crippen LogP) is 1.84. The van der Waals surface area contributed by atoms with Gasteiger partial charge in [-0.1, -0.05) is 6.07 Å². The fourth-order valence-corrected chi connectivity index (χ4v) is 1.54. The Morgan fingerprint density at radius 1 is 1.43 bits per heavy atom. The van der Waals surface area contributed by atoms with Crippen LogP contribution in [0.3, 0.4) is 0 Å². The summed E-state index contributed by atoms with van der Waals surface area (Å²) in [6.07, 6.45) is 1.76. The van der Waals surface area contributed by atoms with Gasteiger partial charge in [0.05, 0.1) is 18.8 Å². The van der Waals surface area contributed by atoms with E-state index >= 15 is 0 Å². The lowest BCUT2D eigenvalue weighted by Crippen LogP contribution is -2.55. The standard InChI is InChI=1S/C10H12F2N2/c1-8-2-3-9(13-4-8)5-14-6-10(11,12)7-14/h2-4H,5-7H2,1H3. The molecule has 0 saturated carbocycles. The van der Waals surface area contributed by atoms with Gasteiger partial charge < -0.3 is 0 Å². The summed E-state index contributed by atoms with van der Waals surface area (Å²) in [5, 5.41) is 0. The molecular formula is C10H12F2N2. The van der Waals surface area contributed by atoms with E-state index in [1.165, 1.54) is 0 Å². The Hall–Kier alpha value is -1.03. The molecule has 1 aromatic heterocycles. The number of nitrogens with zero attached hydrogens (tertiary/aromatic N) is 2. The first-order valence-electron chi connectivity index (χ1n) is 4.57. The minimum absolute atomic E-state index is 0.136. The maximum atomic E-state index is 12.5. The van der Waals surface area contributed by atoms with Crippen LogP contribution < -0.4 is 0 Å². The van der Waals surface area contributed by atoms with Crippen molar-refractivity contribution in [1.29, 1.82) is 0 Å². The number of likely N-dealkylation sites (tertiary alicyclic amines) is 1. The van der Waals surface area contributed by atoms with Crippen molar-refractivity contribution in [3.8, 4) is 0 Å². The van der Waals surface area contributed by atoms with Crippen LogP contribution in [-0.4, -0.2) is 28.9 Å². The lowest BCUT2D eigenvalue weighted by Gasteiger charge is -2.38. The molecule has 0 unspecified atom stereocenters. The molecule has 1 fully saturated rings. The van der Waals surface area contributed by atoms with Crippen LogP contribution in [0.25, 0.3) is 0 Å². The molecule has 0 N–H and O–H groups in total. The second-order valence-electron chi connectivity index (χ2n) is 3.83. The summed E-state index contributed by atoms with van der Waals surface area (Å²) in [4.78, 5) is 5.85. The monoisotopic (exact) mass is 198 g/mol. The number of pyridine rings is 1. The molecule has 0 aliphatic carbocycles. The van der Waals surface area contributed by atoms with Crippen molar-refractivity contribution < 1.29 is 8.78 Å². The number of halogens is 2. The first kappa shape index (κ1) is 9.52. The Kier molecular flexibility index (Phi) is 2.23. The van der Waals surface area contributed by atoms with E-state index in [9.17, 15) is 8.78 Å². The summed E-state index contributed by atoms with van der Waals surface area (Å²) < 4.78 is 25.0. The van der Waals surface area contributed by atoms with E-state index < -0.39 is 5.92 Å². The van der Waals surface area contributed by atoms with E-state index in [2.05, 4.69) is 4.98 Å². The molecule has 4 heteroatoms. The number of alkyl halides is 2. The lowest BCUT2D eigenvalue weighted by molar-refractivity contribution is -0.134. The molecule has 1 aliphatic heterocycles. The molecule has 0 aromatic carbocycles. The van der Waals surface area contributed by atoms with Gasteiger partial charge in [-0.3, -0.25) is 9.88 Å². The van der Waals surface area contributed by atoms with E-state index in [0.717, 1.165) is 11.3 Å². The predicted molar refractivity (Wildman–Crippen MR) is 49.2 cm³/mol. The average Bonchev–Trinajstić information content (AvgIpc) is 2.06. The molecule has 76 valence electrons. The number of aromatic nitrogens is 1. The van der Waals surface area contributed by atoms with Gasteiger partial charge in [-0.2, -0.15) is 0 Å². The highest BCUT2D eigenvalue weighted by Crippen LogP contribution is 2.27. The molecule has 1 aromatic rings. The highest BCUT2D eigenvalue weighted by Gasteiger charge is 2.43. The van der Waals surface area contributed by atoms with Gasteiger partial charge in [0.1, 0.15) is 0 Å². The Labute approximate surface area is 81.6 Å². The van der Waals surface area contributed by atoms with Crippen LogP contribution in [0.5, 0.6) is 0 Å². The van der Waals surface area contributed by atoms with Gasteiger partial charge in [-0.05, 0) is 18.6 Å². The third kappa shape index (κ3) is 2.07. The Bertz CT molecular complexity index is 313. The summed E-state index contributed by atoms with van der Waals surface area (Å²) in [6.45, 7) is 2.20. The Balaban J connectivity index is 1.90. The van der Waals surface area contributed by atoms with E-state index in [4.69, 9.17) is 0 Å². The smallest absolute Gasteiger partial charge is 0.272 e. The average molecular weight is 198 g/mol. The maximum Gasteiger partial charge on any atom is 0.272 e.